The number of aliphatic hydroxyl groups is 1. The zero-order valence-corrected chi connectivity index (χ0v) is 8.62. The van der Waals surface area contributed by atoms with Gasteiger partial charge in [0.1, 0.15) is 0 Å². The van der Waals surface area contributed by atoms with E-state index in [0.29, 0.717) is 0 Å². The zero-order valence-electron chi connectivity index (χ0n) is 7.58. The van der Waals surface area contributed by atoms with Gasteiger partial charge in [-0.15, -0.1) is 0 Å². The third kappa shape index (κ3) is 123. The van der Waals surface area contributed by atoms with Crippen molar-refractivity contribution in [3.05, 3.63) is 32.9 Å². The Bertz CT molecular complexity index is 155. The van der Waals surface area contributed by atoms with Gasteiger partial charge in [0.05, 0.1) is 0 Å². The molecule has 10 heteroatoms. The van der Waals surface area contributed by atoms with Crippen LogP contribution in [-0.4, -0.2) is 5.11 Å². The number of nitriles is 1. The summed E-state index contributed by atoms with van der Waals surface area (Å²) in [5.74, 6) is 0. The first-order valence-corrected chi connectivity index (χ1v) is 2.13. The standard InChI is InChI=1S/CHNO.5CN.Co.H3N.O/c2-1-3;5*1-2;;;/h3H;;;;;;;1H3;/q;5*-1;;;. The van der Waals surface area contributed by atoms with Crippen LogP contribution in [0.25, 0.3) is 0 Å². The van der Waals surface area contributed by atoms with Crippen LogP contribution in [0, 0.1) is 70.7 Å². The van der Waals surface area contributed by atoms with Gasteiger partial charge in [-0.2, -0.15) is 5.26 Å². The normalized spacial score (nSPS) is 1.38. The van der Waals surface area contributed by atoms with Crippen LogP contribution in [0.3, 0.4) is 0 Å². The molecule has 9 nitrogen and oxygen atoms in total. The van der Waals surface area contributed by atoms with E-state index in [1.54, 1.807) is 0 Å². The van der Waals surface area contributed by atoms with Crippen molar-refractivity contribution in [2.45, 2.75) is 0 Å². The Balaban J connectivity index is -0.00000000777. The predicted octanol–water partition coefficient (Wildman–Crippen LogP) is 0.363. The van der Waals surface area contributed by atoms with E-state index in [-0.39, 0.29) is 6.15 Å². The average Bonchev–Trinajstić information content (AvgIpc) is 2.44. The second-order valence-corrected chi connectivity index (χ2v) is 0.100. The van der Waals surface area contributed by atoms with Crippen molar-refractivity contribution in [1.82, 2.24) is 6.15 Å². The van der Waals surface area contributed by atoms with E-state index < -0.39 is 0 Å². The summed E-state index contributed by atoms with van der Waals surface area (Å²) in [6, 6.07) is 0. The molecule has 0 aromatic rings. The molecule has 0 aliphatic heterocycles. The molecule has 0 rings (SSSR count). The molecule has 16 heavy (non-hydrogen) atoms. The fourth-order valence-electron chi connectivity index (χ4n) is 0. The third-order valence-corrected chi connectivity index (χ3v) is 0. The molecule has 0 atom stereocenters. The van der Waals surface area contributed by atoms with Gasteiger partial charge in [-0.25, -0.2) is 0 Å². The zero-order chi connectivity index (χ0) is 14.7. The molecule has 0 radical (unpaired) electrons. The molecule has 0 aliphatic carbocycles. The minimum atomic E-state index is 0. The minimum absolute atomic E-state index is 0. The van der Waals surface area contributed by atoms with Crippen LogP contribution in [0.15, 0.2) is 0 Å². The second-order valence-electron chi connectivity index (χ2n) is 0.100. The fraction of sp³-hybridized carbons (Fsp3) is 0. The average molecular weight is 265 g/mol. The Morgan fingerprint density at radius 1 is 0.750 bits per heavy atom. The second kappa shape index (κ2) is 366. The van der Waals surface area contributed by atoms with Crippen LogP contribution in [0.1, 0.15) is 0 Å². The molecule has 0 spiro atoms. The monoisotopic (exact) mass is 265 g/mol. The van der Waals surface area contributed by atoms with Gasteiger partial charge in [-0.3, -0.25) is 0 Å². The molecule has 0 amide bonds. The van der Waals surface area contributed by atoms with Crippen LogP contribution in [0.2, 0.25) is 0 Å². The molecule has 0 aliphatic rings. The Morgan fingerprint density at radius 2 is 0.750 bits per heavy atom. The number of rotatable bonds is 0. The van der Waals surface area contributed by atoms with Crippen LogP contribution in [-0.2, 0) is 19.5 Å². The molecule has 89 valence electrons. The van der Waals surface area contributed by atoms with Crippen LogP contribution < -0.4 is 6.15 Å². The SMILES string of the molecule is N.N#CO.[C-]#N.[C-]#N.[C-]#N.[C-]#N.[C-]#N.[O]=[Co]. The molecule has 0 saturated carbocycles. The van der Waals surface area contributed by atoms with Crippen LogP contribution in [0.5, 0.6) is 0 Å². The van der Waals surface area contributed by atoms with Gasteiger partial charge in [-0.1, -0.05) is 0 Å². The first-order valence-electron chi connectivity index (χ1n) is 1.70. The number of nitrogens with zero attached hydrogens (tertiary/aromatic N) is 6. The molecule has 0 saturated heterocycles. The first kappa shape index (κ1) is 74.8. The third-order valence-electron chi connectivity index (χ3n) is 0. The first-order chi connectivity index (χ1) is 7.41. The topological polar surface area (TPSA) is 215 Å². The van der Waals surface area contributed by atoms with E-state index in [1.165, 1.54) is 0 Å². The van der Waals surface area contributed by atoms with Crippen LogP contribution >= 0.6 is 0 Å². The van der Waals surface area contributed by atoms with E-state index in [2.05, 4.69) is 15.7 Å². The molecule has 0 fully saturated rings. The van der Waals surface area contributed by atoms with E-state index in [9.17, 15) is 0 Å². The van der Waals surface area contributed by atoms with Crippen molar-refractivity contribution < 1.29 is 24.6 Å². The number of hydrogen-bond acceptors (Lipinski definition) is 9. The number of hydrogen-bond donors (Lipinski definition) is 2. The summed E-state index contributed by atoms with van der Waals surface area (Å²) >= 11 is 2.31. The van der Waals surface area contributed by atoms with Gasteiger partial charge < -0.3 is 70.4 Å². The van der Waals surface area contributed by atoms with E-state index in [1.807, 2.05) is 0 Å². The summed E-state index contributed by atoms with van der Waals surface area (Å²) in [4.78, 5) is 0. The Labute approximate surface area is 102 Å². The summed E-state index contributed by atoms with van der Waals surface area (Å²) in [6.07, 6.45) is 0.750. The Kier molecular flexibility index (Phi) is 1710. The summed E-state index contributed by atoms with van der Waals surface area (Å²) in [5.41, 5.74) is 0. The molecule has 0 bridgehead atoms. The summed E-state index contributed by atoms with van der Waals surface area (Å²) in [7, 11) is 0. The summed E-state index contributed by atoms with van der Waals surface area (Å²) in [6.45, 7) is 23.8. The van der Waals surface area contributed by atoms with E-state index in [0.717, 1.165) is 6.26 Å². The predicted molar refractivity (Wildman–Crippen MR) is 38.1 cm³/mol. The van der Waals surface area contributed by atoms with E-state index in [4.69, 9.17) is 73.4 Å². The van der Waals surface area contributed by atoms with Gasteiger partial charge in [0.2, 0.25) is 0 Å². The summed E-state index contributed by atoms with van der Waals surface area (Å²) < 4.78 is 7.94. The molecule has 0 unspecified atom stereocenters. The van der Waals surface area contributed by atoms with Gasteiger partial charge in [0.15, 0.2) is 0 Å². The van der Waals surface area contributed by atoms with Crippen LogP contribution in [0.4, 0.5) is 0 Å². The Hall–Kier alpha value is -2.99. The van der Waals surface area contributed by atoms with Gasteiger partial charge in [0, 0.05) is 0 Å². The van der Waals surface area contributed by atoms with Crippen molar-refractivity contribution in [3.8, 4) is 6.26 Å². The molecular weight excluding hydrogens is 261 g/mol. The molecular formula is C6H4CoN7O2-5. The van der Waals surface area contributed by atoms with Crippen molar-refractivity contribution in [1.29, 1.82) is 31.6 Å². The quantitative estimate of drug-likeness (QED) is 0.455. The van der Waals surface area contributed by atoms with Gasteiger partial charge in [0.25, 0.3) is 6.26 Å². The van der Waals surface area contributed by atoms with Crippen molar-refractivity contribution in [3.63, 3.8) is 0 Å². The molecule has 0 aromatic heterocycles. The fourth-order valence-corrected chi connectivity index (χ4v) is 0. The maximum atomic E-state index is 7.94. The number of aliphatic hydroxyl groups excluding tert-OH is 1. The van der Waals surface area contributed by atoms with Gasteiger partial charge in [-0.05, 0) is 0 Å². The van der Waals surface area contributed by atoms with Gasteiger partial charge >= 0.3 is 19.5 Å². The van der Waals surface area contributed by atoms with E-state index >= 15 is 0 Å². The van der Waals surface area contributed by atoms with Crippen molar-refractivity contribution in [2.24, 2.45) is 0 Å². The maximum absolute atomic E-state index is 7.94. The Morgan fingerprint density at radius 3 is 0.750 bits per heavy atom. The van der Waals surface area contributed by atoms with Crippen molar-refractivity contribution >= 4 is 0 Å². The molecule has 4 N–H and O–H groups in total. The van der Waals surface area contributed by atoms with Crippen molar-refractivity contribution in [2.75, 3.05) is 0 Å². The molecule has 0 aromatic carbocycles. The molecule has 0 heterocycles. The summed E-state index contributed by atoms with van der Waals surface area (Å²) in [5, 5.41) is 45.0.